The van der Waals surface area contributed by atoms with Crippen LogP contribution in [0.15, 0.2) is 0 Å². The predicted octanol–water partition coefficient (Wildman–Crippen LogP) is 1.66. The molecule has 0 aromatic rings. The van der Waals surface area contributed by atoms with Crippen molar-refractivity contribution >= 4 is 12.4 Å². The highest BCUT2D eigenvalue weighted by molar-refractivity contribution is 5.85. The van der Waals surface area contributed by atoms with Crippen LogP contribution in [0.25, 0.3) is 0 Å². The fourth-order valence-electron chi connectivity index (χ4n) is 0.291. The van der Waals surface area contributed by atoms with Gasteiger partial charge in [0.25, 0.3) is 6.43 Å². The summed E-state index contributed by atoms with van der Waals surface area (Å²) in [6.07, 6.45) is -2.38. The van der Waals surface area contributed by atoms with Crippen LogP contribution in [0.5, 0.6) is 0 Å². The number of hydrogen-bond donors (Lipinski definition) is 1. The van der Waals surface area contributed by atoms with Crippen LogP contribution in [-0.4, -0.2) is 12.5 Å². The first-order chi connectivity index (χ1) is 3.55. The highest BCUT2D eigenvalue weighted by atomic mass is 35.5. The number of hydrogen-bond acceptors (Lipinski definition) is 1. The van der Waals surface area contributed by atoms with Crippen molar-refractivity contribution in [1.29, 1.82) is 0 Å². The van der Waals surface area contributed by atoms with E-state index in [9.17, 15) is 8.78 Å². The lowest BCUT2D eigenvalue weighted by molar-refractivity contribution is 0.0962. The largest absolute Gasteiger partial charge is 0.323 e. The molecule has 4 heteroatoms. The van der Waals surface area contributed by atoms with E-state index in [1.807, 2.05) is 0 Å². The number of alkyl halides is 2. The van der Waals surface area contributed by atoms with Crippen molar-refractivity contribution in [3.63, 3.8) is 0 Å². The summed E-state index contributed by atoms with van der Waals surface area (Å²) in [5, 5.41) is 0. The Morgan fingerprint density at radius 2 is 1.56 bits per heavy atom. The van der Waals surface area contributed by atoms with E-state index in [0.29, 0.717) is 0 Å². The van der Waals surface area contributed by atoms with E-state index in [0.717, 1.165) is 0 Å². The molecule has 9 heavy (non-hydrogen) atoms. The molecule has 0 bridgehead atoms. The first-order valence-electron chi connectivity index (χ1n) is 2.59. The van der Waals surface area contributed by atoms with Crippen LogP contribution in [0, 0.1) is 5.92 Å². The molecule has 0 spiro atoms. The third kappa shape index (κ3) is 4.60. The van der Waals surface area contributed by atoms with Crippen LogP contribution < -0.4 is 5.73 Å². The Balaban J connectivity index is 0. The molecule has 0 saturated heterocycles. The molecule has 1 nitrogen and oxygen atoms in total. The smallest absolute Gasteiger partial charge is 0.253 e. The van der Waals surface area contributed by atoms with Crippen LogP contribution in [0.2, 0.25) is 0 Å². The second-order valence-electron chi connectivity index (χ2n) is 2.16. The maximum Gasteiger partial charge on any atom is 0.253 e. The molecule has 0 heterocycles. The zero-order chi connectivity index (χ0) is 6.73. The van der Waals surface area contributed by atoms with Gasteiger partial charge in [-0.1, -0.05) is 13.8 Å². The van der Waals surface area contributed by atoms with Crippen molar-refractivity contribution in [2.45, 2.75) is 26.3 Å². The van der Waals surface area contributed by atoms with E-state index < -0.39 is 12.5 Å². The lowest BCUT2D eigenvalue weighted by atomic mass is 10.1. The average molecular weight is 160 g/mol. The molecule has 0 aromatic heterocycles. The van der Waals surface area contributed by atoms with Gasteiger partial charge in [0.15, 0.2) is 0 Å². The molecule has 0 aromatic carbocycles. The highest BCUT2D eigenvalue weighted by Gasteiger charge is 2.17. The molecule has 0 saturated carbocycles. The summed E-state index contributed by atoms with van der Waals surface area (Å²) >= 11 is 0. The van der Waals surface area contributed by atoms with Gasteiger partial charge in [0.2, 0.25) is 0 Å². The van der Waals surface area contributed by atoms with Gasteiger partial charge < -0.3 is 5.73 Å². The highest BCUT2D eigenvalue weighted by Crippen LogP contribution is 2.06. The van der Waals surface area contributed by atoms with Crippen molar-refractivity contribution in [2.24, 2.45) is 11.7 Å². The van der Waals surface area contributed by atoms with Crippen LogP contribution in [-0.2, 0) is 0 Å². The molecule has 58 valence electrons. The minimum absolute atomic E-state index is 0. The van der Waals surface area contributed by atoms with E-state index in [2.05, 4.69) is 0 Å². The third-order valence-electron chi connectivity index (χ3n) is 1.06. The molecule has 0 amide bonds. The Hall–Kier alpha value is 0.110. The first-order valence-corrected chi connectivity index (χ1v) is 2.59. The predicted molar refractivity (Wildman–Crippen MR) is 36.1 cm³/mol. The van der Waals surface area contributed by atoms with Gasteiger partial charge in [-0.05, 0) is 5.92 Å². The molecule has 1 atom stereocenters. The minimum atomic E-state index is -2.38. The van der Waals surface area contributed by atoms with Crippen molar-refractivity contribution in [2.75, 3.05) is 0 Å². The number of nitrogens with two attached hydrogens (primary N) is 1. The maximum absolute atomic E-state index is 11.6. The van der Waals surface area contributed by atoms with Crippen LogP contribution in [0.3, 0.4) is 0 Å². The molecule has 0 aliphatic carbocycles. The molecular weight excluding hydrogens is 148 g/mol. The van der Waals surface area contributed by atoms with Gasteiger partial charge in [-0.3, -0.25) is 0 Å². The van der Waals surface area contributed by atoms with Gasteiger partial charge in [-0.15, -0.1) is 12.4 Å². The topological polar surface area (TPSA) is 26.0 Å². The number of rotatable bonds is 2. The minimum Gasteiger partial charge on any atom is -0.323 e. The van der Waals surface area contributed by atoms with Gasteiger partial charge in [-0.25, -0.2) is 8.78 Å². The fourth-order valence-corrected chi connectivity index (χ4v) is 0.291. The Morgan fingerprint density at radius 3 is 1.56 bits per heavy atom. The second-order valence-corrected chi connectivity index (χ2v) is 2.16. The van der Waals surface area contributed by atoms with Crippen molar-refractivity contribution < 1.29 is 8.78 Å². The van der Waals surface area contributed by atoms with Gasteiger partial charge >= 0.3 is 0 Å². The van der Waals surface area contributed by atoms with Crippen molar-refractivity contribution in [1.82, 2.24) is 0 Å². The number of halogens is 3. The van der Waals surface area contributed by atoms with Crippen LogP contribution >= 0.6 is 12.4 Å². The molecule has 2 N–H and O–H groups in total. The lowest BCUT2D eigenvalue weighted by Crippen LogP contribution is -2.33. The first kappa shape index (κ1) is 11.9. The molecule has 0 aliphatic heterocycles. The van der Waals surface area contributed by atoms with Crippen LogP contribution in [0.4, 0.5) is 8.78 Å². The fraction of sp³-hybridized carbons (Fsp3) is 1.00. The summed E-state index contributed by atoms with van der Waals surface area (Å²) in [7, 11) is 0. The summed E-state index contributed by atoms with van der Waals surface area (Å²) in [5.41, 5.74) is 5.01. The standard InChI is InChI=1S/C5H11F2N.ClH/c1-3(2)4(8)5(6)7;/h3-5H,8H2,1-2H3;1H/t4-;/m0./s1. The Morgan fingerprint density at radius 1 is 1.22 bits per heavy atom. The molecule has 0 fully saturated rings. The zero-order valence-corrected chi connectivity index (χ0v) is 6.29. The molecule has 0 rings (SSSR count). The summed E-state index contributed by atoms with van der Waals surface area (Å²) < 4.78 is 23.1. The summed E-state index contributed by atoms with van der Waals surface area (Å²) in [6.45, 7) is 3.35. The molecule has 0 aliphatic rings. The van der Waals surface area contributed by atoms with Crippen molar-refractivity contribution in [3.05, 3.63) is 0 Å². The van der Waals surface area contributed by atoms with Gasteiger partial charge in [-0.2, -0.15) is 0 Å². The average Bonchev–Trinajstić information content (AvgIpc) is 1.64. The third-order valence-corrected chi connectivity index (χ3v) is 1.06. The monoisotopic (exact) mass is 159 g/mol. The van der Waals surface area contributed by atoms with E-state index in [1.165, 1.54) is 0 Å². The lowest BCUT2D eigenvalue weighted by Gasteiger charge is -2.12. The normalized spacial score (nSPS) is 13.7. The van der Waals surface area contributed by atoms with E-state index >= 15 is 0 Å². The molecular formula is C5H12ClF2N. The SMILES string of the molecule is CC(C)[C@H](N)C(F)F.Cl. The quantitative estimate of drug-likeness (QED) is 0.652. The zero-order valence-electron chi connectivity index (χ0n) is 5.47. The Kier molecular flexibility index (Phi) is 6.51. The second kappa shape index (κ2) is 4.94. The van der Waals surface area contributed by atoms with Crippen molar-refractivity contribution in [3.8, 4) is 0 Å². The van der Waals surface area contributed by atoms with Crippen LogP contribution in [0.1, 0.15) is 13.8 Å². The summed E-state index contributed by atoms with van der Waals surface area (Å²) in [4.78, 5) is 0. The summed E-state index contributed by atoms with van der Waals surface area (Å²) in [5.74, 6) is -0.130. The molecule has 0 radical (unpaired) electrons. The Bertz CT molecular complexity index is 60.0. The maximum atomic E-state index is 11.6. The van der Waals surface area contributed by atoms with E-state index in [-0.39, 0.29) is 18.3 Å². The van der Waals surface area contributed by atoms with E-state index in [4.69, 9.17) is 5.73 Å². The van der Waals surface area contributed by atoms with Gasteiger partial charge in [0.05, 0.1) is 6.04 Å². The van der Waals surface area contributed by atoms with Gasteiger partial charge in [0.1, 0.15) is 0 Å². The van der Waals surface area contributed by atoms with Gasteiger partial charge in [0, 0.05) is 0 Å². The molecule has 0 unspecified atom stereocenters. The summed E-state index contributed by atoms with van der Waals surface area (Å²) in [6, 6.07) is -0.963. The Labute approximate surface area is 60.0 Å². The van der Waals surface area contributed by atoms with E-state index in [1.54, 1.807) is 13.8 Å².